The molecule has 1 rings (SSSR count). The topological polar surface area (TPSA) is 49.7 Å². The molecule has 94 valence electrons. The Hall–Kier alpha value is -1.26. The lowest BCUT2D eigenvalue weighted by atomic mass is 10.2. The number of alkyl halides is 1. The average molecular weight is 301 g/mol. The number of halogens is 1. The van der Waals surface area contributed by atoms with Crippen molar-refractivity contribution in [2.24, 2.45) is 0 Å². The third-order valence-electron chi connectivity index (χ3n) is 1.59. The van der Waals surface area contributed by atoms with Crippen LogP contribution < -0.4 is 0 Å². The second-order valence-electron chi connectivity index (χ2n) is 3.11. The summed E-state index contributed by atoms with van der Waals surface area (Å²) in [7, 11) is 0. The van der Waals surface area contributed by atoms with Crippen LogP contribution in [0, 0.1) is 0 Å². The minimum Gasteiger partial charge on any atom is -0.508 e. The zero-order valence-corrected chi connectivity index (χ0v) is 11.2. The molecule has 0 saturated carbocycles. The van der Waals surface area contributed by atoms with E-state index < -0.39 is 0 Å². The van der Waals surface area contributed by atoms with Crippen molar-refractivity contribution in [3.05, 3.63) is 49.1 Å². The largest absolute Gasteiger partial charge is 0.508 e. The molecule has 0 heterocycles. The van der Waals surface area contributed by atoms with Crippen molar-refractivity contribution in [3.8, 4) is 11.5 Å². The van der Waals surface area contributed by atoms with Crippen LogP contribution in [0.3, 0.4) is 0 Å². The van der Waals surface area contributed by atoms with E-state index in [9.17, 15) is 0 Å². The lowest BCUT2D eigenvalue weighted by Gasteiger charge is -1.97. The van der Waals surface area contributed by atoms with Crippen molar-refractivity contribution >= 4 is 15.9 Å². The smallest absolute Gasteiger partial charge is 0.119 e. The molecule has 0 amide bonds. The molecule has 0 saturated heterocycles. The van der Waals surface area contributed by atoms with Gasteiger partial charge in [-0.15, -0.1) is 13.2 Å². The summed E-state index contributed by atoms with van der Waals surface area (Å²) < 4.78 is 4.90. The molecule has 0 aliphatic heterocycles. The Bertz CT molecular complexity index is 322. The summed E-state index contributed by atoms with van der Waals surface area (Å²) in [5.41, 5.74) is 0.859. The van der Waals surface area contributed by atoms with Gasteiger partial charge in [0.05, 0.1) is 13.2 Å². The van der Waals surface area contributed by atoms with Gasteiger partial charge in [0.25, 0.3) is 0 Å². The first kappa shape index (κ1) is 15.7. The Morgan fingerprint density at radius 3 is 1.88 bits per heavy atom. The van der Waals surface area contributed by atoms with Crippen LogP contribution in [-0.4, -0.2) is 23.4 Å². The minimum atomic E-state index is 0.0921. The Labute approximate surface area is 110 Å². The zero-order valence-electron chi connectivity index (χ0n) is 9.60. The quantitative estimate of drug-likeness (QED) is 0.498. The van der Waals surface area contributed by atoms with Crippen molar-refractivity contribution < 1.29 is 14.9 Å². The highest BCUT2D eigenvalue weighted by atomic mass is 79.9. The minimum absolute atomic E-state index is 0.0921. The lowest BCUT2D eigenvalue weighted by Crippen LogP contribution is -1.87. The molecule has 1 aromatic carbocycles. The second kappa shape index (κ2) is 9.93. The molecule has 17 heavy (non-hydrogen) atoms. The van der Waals surface area contributed by atoms with Gasteiger partial charge in [0, 0.05) is 11.4 Å². The molecule has 0 aliphatic carbocycles. The summed E-state index contributed by atoms with van der Waals surface area (Å²) in [6.45, 7) is 8.18. The highest BCUT2D eigenvalue weighted by Gasteiger charge is 1.95. The summed E-state index contributed by atoms with van der Waals surface area (Å²) >= 11 is 3.20. The van der Waals surface area contributed by atoms with Gasteiger partial charge in [0.1, 0.15) is 11.5 Å². The van der Waals surface area contributed by atoms with Crippen LogP contribution in [0.4, 0.5) is 0 Å². The van der Waals surface area contributed by atoms with Crippen molar-refractivity contribution in [1.29, 1.82) is 0 Å². The molecule has 0 atom stereocenters. The molecular formula is C13H17BrO3. The first-order valence-corrected chi connectivity index (χ1v) is 6.13. The fourth-order valence-corrected chi connectivity index (χ4v) is 1.29. The molecule has 1 aromatic rings. The predicted molar refractivity (Wildman–Crippen MR) is 73.6 cm³/mol. The van der Waals surface area contributed by atoms with Crippen LogP contribution in [0.2, 0.25) is 0 Å². The molecule has 0 bridgehead atoms. The predicted octanol–water partition coefficient (Wildman–Crippen LogP) is 3.37. The van der Waals surface area contributed by atoms with Gasteiger partial charge in [0.2, 0.25) is 0 Å². The number of phenolic OH excluding ortho intramolecular Hbond substituents is 2. The molecule has 0 aliphatic rings. The number of benzene rings is 1. The molecule has 0 fully saturated rings. The van der Waals surface area contributed by atoms with Gasteiger partial charge in [-0.3, -0.25) is 0 Å². The van der Waals surface area contributed by atoms with Gasteiger partial charge < -0.3 is 14.9 Å². The van der Waals surface area contributed by atoms with Gasteiger partial charge in [-0.25, -0.2) is 0 Å². The molecule has 0 aromatic heterocycles. The number of hydrogen-bond donors (Lipinski definition) is 2. The third kappa shape index (κ3) is 8.54. The number of phenols is 2. The SMILES string of the molecule is C=CCOCC=C.Oc1cc(O)cc(CBr)c1. The van der Waals surface area contributed by atoms with Crippen LogP contribution in [0.25, 0.3) is 0 Å². The van der Waals surface area contributed by atoms with Crippen molar-refractivity contribution in [3.63, 3.8) is 0 Å². The van der Waals surface area contributed by atoms with Gasteiger partial charge in [-0.2, -0.15) is 0 Å². The van der Waals surface area contributed by atoms with Crippen molar-refractivity contribution in [1.82, 2.24) is 0 Å². The molecule has 0 unspecified atom stereocenters. The van der Waals surface area contributed by atoms with Crippen LogP contribution in [0.15, 0.2) is 43.5 Å². The van der Waals surface area contributed by atoms with E-state index in [2.05, 4.69) is 29.1 Å². The number of ether oxygens (including phenoxy) is 1. The Balaban J connectivity index is 0.000000325. The summed E-state index contributed by atoms with van der Waals surface area (Å²) in [6, 6.07) is 4.48. The fraction of sp³-hybridized carbons (Fsp3) is 0.231. The number of aromatic hydroxyl groups is 2. The Kier molecular flexibility index (Phi) is 9.19. The summed E-state index contributed by atoms with van der Waals surface area (Å²) in [6.07, 6.45) is 3.42. The molecule has 3 nitrogen and oxygen atoms in total. The first-order chi connectivity index (χ1) is 8.13. The zero-order chi connectivity index (χ0) is 13.1. The van der Waals surface area contributed by atoms with Crippen molar-refractivity contribution in [2.75, 3.05) is 13.2 Å². The average Bonchev–Trinajstić information content (AvgIpc) is 2.29. The first-order valence-electron chi connectivity index (χ1n) is 5.01. The molecule has 4 heteroatoms. The third-order valence-corrected chi connectivity index (χ3v) is 2.24. The number of rotatable bonds is 5. The van der Waals surface area contributed by atoms with Crippen molar-refractivity contribution in [2.45, 2.75) is 5.33 Å². The summed E-state index contributed by atoms with van der Waals surface area (Å²) in [5, 5.41) is 18.5. The summed E-state index contributed by atoms with van der Waals surface area (Å²) in [4.78, 5) is 0. The van der Waals surface area contributed by atoms with E-state index in [1.54, 1.807) is 24.3 Å². The standard InChI is InChI=1S/C7H7BrO2.C6H10O/c8-4-5-1-6(9)3-7(10)2-5;1-3-5-7-6-4-2/h1-3,9-10H,4H2;3-4H,1-2,5-6H2. The second-order valence-corrected chi connectivity index (χ2v) is 3.67. The fourth-order valence-electron chi connectivity index (χ4n) is 0.968. The molecule has 2 N–H and O–H groups in total. The van der Waals surface area contributed by atoms with Crippen LogP contribution >= 0.6 is 15.9 Å². The molecule has 0 radical (unpaired) electrons. The Morgan fingerprint density at radius 1 is 1.06 bits per heavy atom. The maximum Gasteiger partial charge on any atom is 0.119 e. The van der Waals surface area contributed by atoms with Gasteiger partial charge in [0.15, 0.2) is 0 Å². The summed E-state index contributed by atoms with van der Waals surface area (Å²) in [5.74, 6) is 0.184. The maximum atomic E-state index is 8.94. The normalized spacial score (nSPS) is 9.00. The van der Waals surface area contributed by atoms with E-state index in [1.165, 1.54) is 6.07 Å². The maximum absolute atomic E-state index is 8.94. The van der Waals surface area contributed by atoms with E-state index in [0.29, 0.717) is 18.5 Å². The molecule has 0 spiro atoms. The Morgan fingerprint density at radius 2 is 1.53 bits per heavy atom. The molecular weight excluding hydrogens is 284 g/mol. The van der Waals surface area contributed by atoms with Crippen LogP contribution in [0.1, 0.15) is 5.56 Å². The van der Waals surface area contributed by atoms with Crippen LogP contribution in [0.5, 0.6) is 11.5 Å². The van der Waals surface area contributed by atoms with Gasteiger partial charge in [-0.05, 0) is 17.7 Å². The van der Waals surface area contributed by atoms with Crippen LogP contribution in [-0.2, 0) is 10.1 Å². The lowest BCUT2D eigenvalue weighted by molar-refractivity contribution is 0.194. The highest BCUT2D eigenvalue weighted by molar-refractivity contribution is 9.08. The van der Waals surface area contributed by atoms with E-state index in [0.717, 1.165) is 5.56 Å². The van der Waals surface area contributed by atoms with E-state index >= 15 is 0 Å². The monoisotopic (exact) mass is 300 g/mol. The number of hydrogen-bond acceptors (Lipinski definition) is 3. The van der Waals surface area contributed by atoms with E-state index in [4.69, 9.17) is 14.9 Å². The van der Waals surface area contributed by atoms with Gasteiger partial charge in [-0.1, -0.05) is 28.1 Å². The van der Waals surface area contributed by atoms with Gasteiger partial charge >= 0.3 is 0 Å². The van der Waals surface area contributed by atoms with E-state index in [1.807, 2.05) is 0 Å². The van der Waals surface area contributed by atoms with E-state index in [-0.39, 0.29) is 11.5 Å². The highest BCUT2D eigenvalue weighted by Crippen LogP contribution is 2.21.